The summed E-state index contributed by atoms with van der Waals surface area (Å²) < 4.78 is 5.23. The molecule has 138 valence electrons. The van der Waals surface area contributed by atoms with E-state index >= 15 is 0 Å². The monoisotopic (exact) mass is 363 g/mol. The molecular formula is C22H21NO4. The van der Waals surface area contributed by atoms with Crippen molar-refractivity contribution in [3.05, 3.63) is 71.8 Å². The van der Waals surface area contributed by atoms with Crippen LogP contribution in [0.3, 0.4) is 0 Å². The van der Waals surface area contributed by atoms with E-state index < -0.39 is 12.0 Å². The van der Waals surface area contributed by atoms with E-state index in [-0.39, 0.29) is 18.1 Å². The maximum atomic E-state index is 12.7. The van der Waals surface area contributed by atoms with Crippen LogP contribution in [0.2, 0.25) is 0 Å². The van der Waals surface area contributed by atoms with Crippen LogP contribution in [0.25, 0.3) is 10.8 Å². The number of anilines is 1. The van der Waals surface area contributed by atoms with Gasteiger partial charge in [-0.25, -0.2) is 4.79 Å². The van der Waals surface area contributed by atoms with E-state index in [0.29, 0.717) is 16.8 Å². The molecule has 5 nitrogen and oxygen atoms in total. The standard InChI is InChI=1S/C22H21NO4/c1-3-27-22(26)21(23-17-11-8-15(9-12-17)14(2)24)20-18-7-5-4-6-16(18)10-13-19(20)25/h4-13,21,23,25H,3H2,1-2H3. The SMILES string of the molecule is CCOC(=O)C(Nc1ccc(C(C)=O)cc1)c1c(O)ccc2ccccc12. The van der Waals surface area contributed by atoms with Crippen molar-refractivity contribution in [1.82, 2.24) is 0 Å². The fourth-order valence-corrected chi connectivity index (χ4v) is 3.03. The van der Waals surface area contributed by atoms with Crippen molar-refractivity contribution in [2.45, 2.75) is 19.9 Å². The van der Waals surface area contributed by atoms with Crippen LogP contribution in [0.5, 0.6) is 5.75 Å². The number of phenols is 1. The van der Waals surface area contributed by atoms with E-state index in [4.69, 9.17) is 4.74 Å². The van der Waals surface area contributed by atoms with Gasteiger partial charge < -0.3 is 15.2 Å². The quantitative estimate of drug-likeness (QED) is 0.499. The Morgan fingerprint density at radius 2 is 1.74 bits per heavy atom. The van der Waals surface area contributed by atoms with Gasteiger partial charge in [0.15, 0.2) is 11.8 Å². The van der Waals surface area contributed by atoms with Gasteiger partial charge in [0, 0.05) is 16.8 Å². The van der Waals surface area contributed by atoms with Gasteiger partial charge in [-0.3, -0.25) is 4.79 Å². The molecule has 0 aliphatic carbocycles. The molecule has 5 heteroatoms. The van der Waals surface area contributed by atoms with E-state index in [1.54, 1.807) is 43.3 Å². The molecule has 1 unspecified atom stereocenters. The molecule has 0 amide bonds. The van der Waals surface area contributed by atoms with Crippen molar-refractivity contribution in [2.75, 3.05) is 11.9 Å². The first-order valence-electron chi connectivity index (χ1n) is 8.76. The van der Waals surface area contributed by atoms with Gasteiger partial charge in [-0.05, 0) is 55.0 Å². The molecule has 3 rings (SSSR count). The fourth-order valence-electron chi connectivity index (χ4n) is 3.03. The summed E-state index contributed by atoms with van der Waals surface area (Å²) >= 11 is 0. The van der Waals surface area contributed by atoms with Crippen molar-refractivity contribution < 1.29 is 19.4 Å². The lowest BCUT2D eigenvalue weighted by Crippen LogP contribution is -2.24. The van der Waals surface area contributed by atoms with Crippen LogP contribution >= 0.6 is 0 Å². The zero-order valence-electron chi connectivity index (χ0n) is 15.2. The molecule has 3 aromatic carbocycles. The number of esters is 1. The molecule has 0 saturated heterocycles. The predicted molar refractivity (Wildman–Crippen MR) is 105 cm³/mol. The van der Waals surface area contributed by atoms with Gasteiger partial charge in [-0.15, -0.1) is 0 Å². The zero-order chi connectivity index (χ0) is 19.4. The van der Waals surface area contributed by atoms with Gasteiger partial charge in [0.1, 0.15) is 5.75 Å². The highest BCUT2D eigenvalue weighted by Gasteiger charge is 2.27. The molecular weight excluding hydrogens is 342 g/mol. The first-order valence-corrected chi connectivity index (χ1v) is 8.76. The van der Waals surface area contributed by atoms with E-state index in [1.165, 1.54) is 6.92 Å². The summed E-state index contributed by atoms with van der Waals surface area (Å²) in [4.78, 5) is 24.1. The topological polar surface area (TPSA) is 75.6 Å². The van der Waals surface area contributed by atoms with Crippen LogP contribution in [-0.2, 0) is 9.53 Å². The number of carbonyl (C=O) groups excluding carboxylic acids is 2. The van der Waals surface area contributed by atoms with Gasteiger partial charge in [-0.2, -0.15) is 0 Å². The Bertz CT molecular complexity index is 979. The maximum absolute atomic E-state index is 12.7. The number of Topliss-reactive ketones (excluding diaryl/α,β-unsaturated/α-hetero) is 1. The third-order valence-corrected chi connectivity index (χ3v) is 4.36. The number of hydrogen-bond donors (Lipinski definition) is 2. The van der Waals surface area contributed by atoms with Gasteiger partial charge in [0.05, 0.1) is 6.61 Å². The van der Waals surface area contributed by atoms with Crippen LogP contribution in [-0.4, -0.2) is 23.5 Å². The summed E-state index contributed by atoms with van der Waals surface area (Å²) in [7, 11) is 0. The second-order valence-electron chi connectivity index (χ2n) is 6.18. The van der Waals surface area contributed by atoms with Crippen LogP contribution in [0.4, 0.5) is 5.69 Å². The number of rotatable bonds is 6. The Morgan fingerprint density at radius 3 is 2.41 bits per heavy atom. The molecule has 0 radical (unpaired) electrons. The second kappa shape index (κ2) is 7.91. The number of fused-ring (bicyclic) bond motifs is 1. The van der Waals surface area contributed by atoms with Crippen molar-refractivity contribution in [2.24, 2.45) is 0 Å². The van der Waals surface area contributed by atoms with Gasteiger partial charge in [0.25, 0.3) is 0 Å². The van der Waals surface area contributed by atoms with E-state index in [1.807, 2.05) is 24.3 Å². The molecule has 0 fully saturated rings. The summed E-state index contributed by atoms with van der Waals surface area (Å²) in [5.74, 6) is -0.505. The minimum atomic E-state index is -0.890. The summed E-state index contributed by atoms with van der Waals surface area (Å²) in [6, 6.07) is 16.9. The van der Waals surface area contributed by atoms with Crippen molar-refractivity contribution in [1.29, 1.82) is 0 Å². The van der Waals surface area contributed by atoms with Crippen LogP contribution in [0.1, 0.15) is 35.8 Å². The zero-order valence-corrected chi connectivity index (χ0v) is 15.2. The molecule has 1 atom stereocenters. The average molecular weight is 363 g/mol. The van der Waals surface area contributed by atoms with Gasteiger partial charge >= 0.3 is 5.97 Å². The first-order chi connectivity index (χ1) is 13.0. The molecule has 0 saturated carbocycles. The summed E-state index contributed by atoms with van der Waals surface area (Å²) in [5.41, 5.74) is 1.69. The molecule has 0 aliphatic heterocycles. The lowest BCUT2D eigenvalue weighted by Gasteiger charge is -2.21. The van der Waals surface area contributed by atoms with Crippen LogP contribution < -0.4 is 5.32 Å². The third-order valence-electron chi connectivity index (χ3n) is 4.36. The predicted octanol–water partition coefficient (Wildman–Crippen LogP) is 4.46. The number of benzene rings is 3. The number of carbonyl (C=O) groups is 2. The lowest BCUT2D eigenvalue weighted by atomic mass is 9.97. The molecule has 0 aromatic heterocycles. The Balaban J connectivity index is 2.06. The number of nitrogens with one attached hydrogen (secondary N) is 1. The average Bonchev–Trinajstić information content (AvgIpc) is 2.67. The normalized spacial score (nSPS) is 11.8. The number of hydrogen-bond acceptors (Lipinski definition) is 5. The highest BCUT2D eigenvalue weighted by Crippen LogP contribution is 2.35. The van der Waals surface area contributed by atoms with E-state index in [9.17, 15) is 14.7 Å². The Hall–Kier alpha value is -3.34. The number of aromatic hydroxyl groups is 1. The molecule has 0 bridgehead atoms. The number of phenolic OH excluding ortho intramolecular Hbond substituents is 1. The summed E-state index contributed by atoms with van der Waals surface area (Å²) in [6.45, 7) is 3.46. The molecule has 0 spiro atoms. The molecule has 27 heavy (non-hydrogen) atoms. The van der Waals surface area contributed by atoms with Crippen LogP contribution in [0.15, 0.2) is 60.7 Å². The Morgan fingerprint density at radius 1 is 1.04 bits per heavy atom. The minimum absolute atomic E-state index is 0.0135. The summed E-state index contributed by atoms with van der Waals surface area (Å²) in [6.07, 6.45) is 0. The Labute approximate surface area is 157 Å². The molecule has 3 aromatic rings. The van der Waals surface area contributed by atoms with Crippen LogP contribution in [0, 0.1) is 0 Å². The van der Waals surface area contributed by atoms with E-state index in [2.05, 4.69) is 5.32 Å². The number of ketones is 1. The molecule has 2 N–H and O–H groups in total. The Kier molecular flexibility index (Phi) is 5.41. The van der Waals surface area contributed by atoms with Crippen molar-refractivity contribution >= 4 is 28.2 Å². The van der Waals surface area contributed by atoms with E-state index in [0.717, 1.165) is 10.8 Å². The first kappa shape index (κ1) is 18.5. The minimum Gasteiger partial charge on any atom is -0.508 e. The fraction of sp³-hybridized carbons (Fsp3) is 0.182. The lowest BCUT2D eigenvalue weighted by molar-refractivity contribution is -0.144. The maximum Gasteiger partial charge on any atom is 0.333 e. The van der Waals surface area contributed by atoms with Crippen molar-refractivity contribution in [3.63, 3.8) is 0 Å². The number of ether oxygens (including phenoxy) is 1. The summed E-state index contributed by atoms with van der Waals surface area (Å²) in [5, 5.41) is 15.3. The largest absolute Gasteiger partial charge is 0.508 e. The van der Waals surface area contributed by atoms with Gasteiger partial charge in [-0.1, -0.05) is 30.3 Å². The molecule has 0 heterocycles. The smallest absolute Gasteiger partial charge is 0.333 e. The highest BCUT2D eigenvalue weighted by atomic mass is 16.5. The highest BCUT2D eigenvalue weighted by molar-refractivity contribution is 5.95. The second-order valence-corrected chi connectivity index (χ2v) is 6.18. The molecule has 0 aliphatic rings. The third kappa shape index (κ3) is 3.92. The van der Waals surface area contributed by atoms with Gasteiger partial charge in [0.2, 0.25) is 0 Å². The van der Waals surface area contributed by atoms with Crippen molar-refractivity contribution in [3.8, 4) is 5.75 Å².